The Kier molecular flexibility index (Phi) is 3.42. The molecule has 0 atom stereocenters. The number of nitrogens with zero attached hydrogens (tertiary/aromatic N) is 4. The molecule has 3 rings (SSSR count). The molecule has 2 aromatic heterocycles. The molecule has 0 aliphatic rings. The summed E-state index contributed by atoms with van der Waals surface area (Å²) in [5.41, 5.74) is 1.09. The molecule has 0 aliphatic carbocycles. The van der Waals surface area contributed by atoms with Gasteiger partial charge in [0.1, 0.15) is 15.8 Å². The van der Waals surface area contributed by atoms with E-state index in [1.165, 1.54) is 0 Å². The van der Waals surface area contributed by atoms with Gasteiger partial charge < -0.3 is 5.32 Å². The number of anilines is 1. The Balaban J connectivity index is 1.69. The fourth-order valence-electron chi connectivity index (χ4n) is 1.58. The minimum atomic E-state index is 0.600. The lowest BCUT2D eigenvalue weighted by Gasteiger charge is -2.00. The highest BCUT2D eigenvalue weighted by molar-refractivity contribution is 7.14. The van der Waals surface area contributed by atoms with Crippen molar-refractivity contribution < 1.29 is 0 Å². The summed E-state index contributed by atoms with van der Waals surface area (Å²) in [6, 6.07) is 10.0. The topological polar surface area (TPSA) is 63.6 Å². The predicted octanol–water partition coefficient (Wildman–Crippen LogP) is 2.61. The Morgan fingerprint density at radius 1 is 1.05 bits per heavy atom. The molecule has 0 bridgehead atoms. The van der Waals surface area contributed by atoms with Gasteiger partial charge in [0.2, 0.25) is 0 Å². The summed E-state index contributed by atoms with van der Waals surface area (Å²) >= 11 is 1.57. The van der Waals surface area contributed by atoms with Crippen molar-refractivity contribution in [2.45, 2.75) is 6.54 Å². The van der Waals surface area contributed by atoms with Gasteiger partial charge in [-0.15, -0.1) is 10.2 Å². The molecule has 2 heterocycles. The van der Waals surface area contributed by atoms with Crippen molar-refractivity contribution in [1.82, 2.24) is 20.2 Å². The first-order valence-electron chi connectivity index (χ1n) is 5.79. The van der Waals surface area contributed by atoms with Crippen LogP contribution in [0.5, 0.6) is 0 Å². The van der Waals surface area contributed by atoms with Crippen molar-refractivity contribution >= 4 is 17.2 Å². The second-order valence-corrected chi connectivity index (χ2v) is 4.87. The summed E-state index contributed by atoms with van der Waals surface area (Å²) in [6.45, 7) is 0.600. The number of nitrogens with one attached hydrogen (secondary N) is 1. The Morgan fingerprint density at radius 3 is 2.74 bits per heavy atom. The minimum absolute atomic E-state index is 0.600. The smallest absolute Gasteiger partial charge is 0.147 e. The van der Waals surface area contributed by atoms with Crippen LogP contribution in [-0.4, -0.2) is 20.2 Å². The zero-order chi connectivity index (χ0) is 12.9. The van der Waals surface area contributed by atoms with Crippen LogP contribution in [0.3, 0.4) is 0 Å². The molecule has 0 radical (unpaired) electrons. The summed E-state index contributed by atoms with van der Waals surface area (Å²) < 4.78 is 0. The van der Waals surface area contributed by atoms with Crippen LogP contribution in [0.1, 0.15) is 5.01 Å². The molecule has 0 spiro atoms. The van der Waals surface area contributed by atoms with E-state index in [1.54, 1.807) is 29.9 Å². The number of benzene rings is 1. The van der Waals surface area contributed by atoms with Gasteiger partial charge in [-0.1, -0.05) is 41.7 Å². The van der Waals surface area contributed by atoms with E-state index >= 15 is 0 Å². The Morgan fingerprint density at radius 2 is 1.95 bits per heavy atom. The fraction of sp³-hybridized carbons (Fsp3) is 0.0769. The standard InChI is InChI=1S/C13H11N5S/c1-2-4-10(5-3-1)13-18-17-12(19-13)9-16-11-8-14-6-7-15-11/h1-8H,9H2,(H,15,16). The van der Waals surface area contributed by atoms with E-state index in [0.29, 0.717) is 6.54 Å². The molecule has 3 aromatic rings. The van der Waals surface area contributed by atoms with Crippen molar-refractivity contribution in [2.24, 2.45) is 0 Å². The molecule has 0 aliphatic heterocycles. The van der Waals surface area contributed by atoms with Crippen molar-refractivity contribution in [1.29, 1.82) is 0 Å². The van der Waals surface area contributed by atoms with E-state index in [2.05, 4.69) is 25.5 Å². The van der Waals surface area contributed by atoms with E-state index in [-0.39, 0.29) is 0 Å². The van der Waals surface area contributed by atoms with Gasteiger partial charge in [-0.25, -0.2) is 4.98 Å². The molecule has 0 saturated carbocycles. The van der Waals surface area contributed by atoms with Crippen molar-refractivity contribution in [2.75, 3.05) is 5.32 Å². The summed E-state index contributed by atoms with van der Waals surface area (Å²) in [5.74, 6) is 0.735. The average molecular weight is 269 g/mol. The van der Waals surface area contributed by atoms with Gasteiger partial charge in [0.05, 0.1) is 12.7 Å². The molecule has 94 valence electrons. The summed E-state index contributed by atoms with van der Waals surface area (Å²) in [7, 11) is 0. The first kappa shape index (κ1) is 11.7. The van der Waals surface area contributed by atoms with E-state index in [9.17, 15) is 0 Å². The lowest BCUT2D eigenvalue weighted by atomic mass is 10.2. The van der Waals surface area contributed by atoms with Gasteiger partial charge in [-0.05, 0) is 0 Å². The van der Waals surface area contributed by atoms with E-state index in [0.717, 1.165) is 21.4 Å². The molecule has 1 N–H and O–H groups in total. The average Bonchev–Trinajstić information content (AvgIpc) is 2.96. The van der Waals surface area contributed by atoms with Crippen LogP contribution in [0.2, 0.25) is 0 Å². The van der Waals surface area contributed by atoms with Crippen molar-refractivity contribution in [3.63, 3.8) is 0 Å². The van der Waals surface area contributed by atoms with Gasteiger partial charge in [0, 0.05) is 18.0 Å². The maximum atomic E-state index is 4.19. The van der Waals surface area contributed by atoms with Crippen LogP contribution in [0.25, 0.3) is 10.6 Å². The first-order valence-corrected chi connectivity index (χ1v) is 6.61. The second kappa shape index (κ2) is 5.53. The maximum absolute atomic E-state index is 4.19. The molecule has 0 unspecified atom stereocenters. The zero-order valence-electron chi connectivity index (χ0n) is 10.0. The Labute approximate surface area is 114 Å². The van der Waals surface area contributed by atoms with Crippen LogP contribution in [0.15, 0.2) is 48.9 Å². The fourth-order valence-corrected chi connectivity index (χ4v) is 2.36. The number of hydrogen-bond acceptors (Lipinski definition) is 6. The summed E-state index contributed by atoms with van der Waals surface area (Å²) in [4.78, 5) is 8.13. The highest BCUT2D eigenvalue weighted by Crippen LogP contribution is 2.23. The van der Waals surface area contributed by atoms with Crippen molar-refractivity contribution in [3.8, 4) is 10.6 Å². The van der Waals surface area contributed by atoms with Crippen LogP contribution < -0.4 is 5.32 Å². The van der Waals surface area contributed by atoms with Crippen LogP contribution in [0.4, 0.5) is 5.82 Å². The molecule has 6 heteroatoms. The molecule has 0 saturated heterocycles. The van der Waals surface area contributed by atoms with E-state index < -0.39 is 0 Å². The monoisotopic (exact) mass is 269 g/mol. The highest BCUT2D eigenvalue weighted by atomic mass is 32.1. The first-order chi connectivity index (χ1) is 9.42. The maximum Gasteiger partial charge on any atom is 0.147 e. The zero-order valence-corrected chi connectivity index (χ0v) is 10.8. The SMILES string of the molecule is c1ccc(-c2nnc(CNc3cnccn3)s2)cc1. The second-order valence-electron chi connectivity index (χ2n) is 3.81. The molecule has 0 amide bonds. The van der Waals surface area contributed by atoms with Crippen molar-refractivity contribution in [3.05, 3.63) is 53.9 Å². The summed E-state index contributed by atoms with van der Waals surface area (Å²) in [6.07, 6.45) is 4.97. The van der Waals surface area contributed by atoms with Gasteiger partial charge >= 0.3 is 0 Å². The molecular formula is C13H11N5S. The number of rotatable bonds is 4. The third-order valence-electron chi connectivity index (χ3n) is 2.47. The summed E-state index contributed by atoms with van der Waals surface area (Å²) in [5, 5.41) is 13.4. The van der Waals surface area contributed by atoms with Gasteiger partial charge in [0.25, 0.3) is 0 Å². The van der Waals surface area contributed by atoms with E-state index in [4.69, 9.17) is 0 Å². The van der Waals surface area contributed by atoms with Crippen LogP contribution in [-0.2, 0) is 6.54 Å². The largest absolute Gasteiger partial charge is 0.362 e. The Bertz CT molecular complexity index is 638. The quantitative estimate of drug-likeness (QED) is 0.788. The van der Waals surface area contributed by atoms with Gasteiger partial charge in [-0.3, -0.25) is 4.98 Å². The number of hydrogen-bond donors (Lipinski definition) is 1. The number of aromatic nitrogens is 4. The molecule has 0 fully saturated rings. The lowest BCUT2D eigenvalue weighted by molar-refractivity contribution is 0.982. The lowest BCUT2D eigenvalue weighted by Crippen LogP contribution is -2.00. The third kappa shape index (κ3) is 2.92. The van der Waals surface area contributed by atoms with Crippen LogP contribution in [0, 0.1) is 0 Å². The Hall–Kier alpha value is -2.34. The van der Waals surface area contributed by atoms with Gasteiger partial charge in [0.15, 0.2) is 0 Å². The molecule has 19 heavy (non-hydrogen) atoms. The molecular weight excluding hydrogens is 258 g/mol. The van der Waals surface area contributed by atoms with Crippen LogP contribution >= 0.6 is 11.3 Å². The molecule has 5 nitrogen and oxygen atoms in total. The minimum Gasteiger partial charge on any atom is -0.362 e. The van der Waals surface area contributed by atoms with Gasteiger partial charge in [-0.2, -0.15) is 0 Å². The predicted molar refractivity (Wildman–Crippen MR) is 74.7 cm³/mol. The third-order valence-corrected chi connectivity index (χ3v) is 3.44. The van der Waals surface area contributed by atoms with E-state index in [1.807, 2.05) is 30.3 Å². The molecule has 1 aromatic carbocycles. The normalized spacial score (nSPS) is 10.3. The highest BCUT2D eigenvalue weighted by Gasteiger charge is 2.06.